The fourth-order valence-corrected chi connectivity index (χ4v) is 2.52. The first-order valence-electron chi connectivity index (χ1n) is 8.22. The number of nitrogens with one attached hydrogen (secondary N) is 1. The molecule has 0 aliphatic carbocycles. The number of anilines is 2. The van der Waals surface area contributed by atoms with Gasteiger partial charge in [0.05, 0.1) is 13.2 Å². The van der Waals surface area contributed by atoms with E-state index in [0.29, 0.717) is 32.8 Å². The molecule has 1 aromatic rings. The second-order valence-corrected chi connectivity index (χ2v) is 5.86. The van der Waals surface area contributed by atoms with Crippen molar-refractivity contribution in [3.8, 4) is 0 Å². The maximum atomic E-state index is 12.3. The van der Waals surface area contributed by atoms with Gasteiger partial charge in [-0.1, -0.05) is 0 Å². The highest BCUT2D eigenvalue weighted by Crippen LogP contribution is 2.15. The number of rotatable bonds is 5. The molecule has 24 heavy (non-hydrogen) atoms. The highest BCUT2D eigenvalue weighted by atomic mass is 16.6. The van der Waals surface area contributed by atoms with Gasteiger partial charge in [0.15, 0.2) is 0 Å². The largest absolute Gasteiger partial charge is 0.450 e. The molecule has 0 radical (unpaired) electrons. The second-order valence-electron chi connectivity index (χ2n) is 5.86. The molecule has 0 bridgehead atoms. The van der Waals surface area contributed by atoms with Gasteiger partial charge < -0.3 is 24.8 Å². The molecule has 0 unspecified atom stereocenters. The minimum Gasteiger partial charge on any atom is -0.450 e. The molecule has 2 amide bonds. The predicted molar refractivity (Wildman–Crippen MR) is 94.4 cm³/mol. The van der Waals surface area contributed by atoms with Crippen LogP contribution in [0.1, 0.15) is 6.92 Å². The van der Waals surface area contributed by atoms with E-state index in [1.165, 1.54) is 0 Å². The average Bonchev–Trinajstić information content (AvgIpc) is 2.60. The van der Waals surface area contributed by atoms with Crippen molar-refractivity contribution in [1.29, 1.82) is 0 Å². The summed E-state index contributed by atoms with van der Waals surface area (Å²) in [6.07, 6.45) is -0.302. The molecule has 0 atom stereocenters. The quantitative estimate of drug-likeness (QED) is 0.883. The zero-order valence-electron chi connectivity index (χ0n) is 14.6. The summed E-state index contributed by atoms with van der Waals surface area (Å²) >= 11 is 0. The van der Waals surface area contributed by atoms with Gasteiger partial charge in [-0.15, -0.1) is 0 Å². The molecule has 1 aromatic carbocycles. The molecular formula is C17H26N4O3. The van der Waals surface area contributed by atoms with E-state index in [1.807, 2.05) is 43.3 Å². The molecule has 2 rings (SSSR count). The van der Waals surface area contributed by atoms with Gasteiger partial charge in [-0.25, -0.2) is 4.79 Å². The van der Waals surface area contributed by atoms with Crippen molar-refractivity contribution in [2.45, 2.75) is 6.92 Å². The summed E-state index contributed by atoms with van der Waals surface area (Å²) in [5.41, 5.74) is 2.03. The zero-order valence-corrected chi connectivity index (χ0v) is 14.6. The van der Waals surface area contributed by atoms with E-state index in [2.05, 4.69) is 5.32 Å². The van der Waals surface area contributed by atoms with Crippen molar-refractivity contribution in [2.24, 2.45) is 0 Å². The van der Waals surface area contributed by atoms with Gasteiger partial charge in [0, 0.05) is 51.6 Å². The molecule has 0 saturated carbocycles. The van der Waals surface area contributed by atoms with E-state index in [9.17, 15) is 9.59 Å². The summed E-state index contributed by atoms with van der Waals surface area (Å²) in [4.78, 5) is 29.4. The van der Waals surface area contributed by atoms with Gasteiger partial charge in [-0.2, -0.15) is 0 Å². The number of carbonyl (C=O) groups is 2. The minimum absolute atomic E-state index is 0.0372. The number of piperazine rings is 1. The topological polar surface area (TPSA) is 65.1 Å². The zero-order chi connectivity index (χ0) is 17.5. The number of hydrogen-bond donors (Lipinski definition) is 1. The van der Waals surface area contributed by atoms with Crippen molar-refractivity contribution in [2.75, 3.05) is 63.6 Å². The van der Waals surface area contributed by atoms with Gasteiger partial charge >= 0.3 is 6.09 Å². The minimum atomic E-state index is -0.302. The van der Waals surface area contributed by atoms with Crippen LogP contribution in [-0.2, 0) is 9.53 Å². The third-order valence-electron chi connectivity index (χ3n) is 3.99. The molecule has 132 valence electrons. The van der Waals surface area contributed by atoms with E-state index in [1.54, 1.807) is 16.7 Å². The van der Waals surface area contributed by atoms with E-state index in [0.717, 1.165) is 11.4 Å². The number of amides is 2. The van der Waals surface area contributed by atoms with Crippen LogP contribution in [0, 0.1) is 0 Å². The first kappa shape index (κ1) is 17.9. The number of ether oxygens (including phenoxy) is 1. The lowest BCUT2D eigenvalue weighted by molar-refractivity contribution is -0.130. The lowest BCUT2D eigenvalue weighted by atomic mass is 10.2. The molecule has 1 fully saturated rings. The molecule has 7 nitrogen and oxygen atoms in total. The summed E-state index contributed by atoms with van der Waals surface area (Å²) in [6.45, 7) is 4.52. The van der Waals surface area contributed by atoms with E-state index < -0.39 is 0 Å². The molecule has 1 N–H and O–H groups in total. The van der Waals surface area contributed by atoms with Crippen LogP contribution in [0.4, 0.5) is 16.2 Å². The van der Waals surface area contributed by atoms with Crippen molar-refractivity contribution in [3.63, 3.8) is 0 Å². The maximum absolute atomic E-state index is 12.3. The first-order valence-corrected chi connectivity index (χ1v) is 8.22. The number of carbonyl (C=O) groups excluding carboxylic acids is 2. The van der Waals surface area contributed by atoms with Crippen LogP contribution in [0.3, 0.4) is 0 Å². The third kappa shape index (κ3) is 4.78. The lowest BCUT2D eigenvalue weighted by Crippen LogP contribution is -2.51. The van der Waals surface area contributed by atoms with Crippen LogP contribution in [-0.4, -0.2) is 75.2 Å². The molecule has 1 aliphatic heterocycles. The summed E-state index contributed by atoms with van der Waals surface area (Å²) in [6, 6.07) is 7.93. The Balaban J connectivity index is 1.76. The summed E-state index contributed by atoms with van der Waals surface area (Å²) in [5, 5.41) is 3.15. The smallest absolute Gasteiger partial charge is 0.409 e. The van der Waals surface area contributed by atoms with Crippen molar-refractivity contribution in [1.82, 2.24) is 9.80 Å². The third-order valence-corrected chi connectivity index (χ3v) is 3.99. The summed E-state index contributed by atoms with van der Waals surface area (Å²) < 4.78 is 4.98. The van der Waals surface area contributed by atoms with Crippen LogP contribution in [0.25, 0.3) is 0 Å². The van der Waals surface area contributed by atoms with E-state index in [4.69, 9.17) is 4.74 Å². The number of hydrogen-bond acceptors (Lipinski definition) is 5. The molecule has 7 heteroatoms. The Morgan fingerprint density at radius 2 is 1.67 bits per heavy atom. The van der Waals surface area contributed by atoms with Gasteiger partial charge in [-0.3, -0.25) is 4.79 Å². The van der Waals surface area contributed by atoms with Crippen molar-refractivity contribution >= 4 is 23.4 Å². The van der Waals surface area contributed by atoms with Crippen molar-refractivity contribution < 1.29 is 14.3 Å². The van der Waals surface area contributed by atoms with Gasteiger partial charge in [-0.05, 0) is 31.2 Å². The van der Waals surface area contributed by atoms with Crippen LogP contribution in [0.15, 0.2) is 24.3 Å². The Bertz CT molecular complexity index is 551. The SMILES string of the molecule is CCOC(=O)N1CCN(C(=O)CNc2ccc(N(C)C)cc2)CC1. The first-order chi connectivity index (χ1) is 11.5. The molecule has 1 saturated heterocycles. The molecule has 0 spiro atoms. The Hall–Kier alpha value is -2.44. The van der Waals surface area contributed by atoms with Crippen LogP contribution in [0.5, 0.6) is 0 Å². The highest BCUT2D eigenvalue weighted by molar-refractivity contribution is 5.81. The Labute approximate surface area is 143 Å². The Morgan fingerprint density at radius 3 is 2.21 bits per heavy atom. The lowest BCUT2D eigenvalue weighted by Gasteiger charge is -2.34. The van der Waals surface area contributed by atoms with E-state index in [-0.39, 0.29) is 18.5 Å². The number of nitrogens with zero attached hydrogens (tertiary/aromatic N) is 3. The normalized spacial score (nSPS) is 14.3. The average molecular weight is 334 g/mol. The fraction of sp³-hybridized carbons (Fsp3) is 0.529. The van der Waals surface area contributed by atoms with Crippen molar-refractivity contribution in [3.05, 3.63) is 24.3 Å². The van der Waals surface area contributed by atoms with Crippen LogP contribution in [0.2, 0.25) is 0 Å². The van der Waals surface area contributed by atoms with Crippen LogP contribution < -0.4 is 10.2 Å². The predicted octanol–water partition coefficient (Wildman–Crippen LogP) is 1.47. The Kier molecular flexibility index (Phi) is 6.28. The van der Waals surface area contributed by atoms with Gasteiger partial charge in [0.1, 0.15) is 0 Å². The van der Waals surface area contributed by atoms with Gasteiger partial charge in [0.25, 0.3) is 0 Å². The van der Waals surface area contributed by atoms with Crippen LogP contribution >= 0.6 is 0 Å². The standard InChI is InChI=1S/C17H26N4O3/c1-4-24-17(23)21-11-9-20(10-12-21)16(22)13-18-14-5-7-15(8-6-14)19(2)3/h5-8,18H,4,9-13H2,1-3H3. The molecule has 1 aliphatic rings. The maximum Gasteiger partial charge on any atom is 0.409 e. The number of benzene rings is 1. The second kappa shape index (κ2) is 8.42. The summed E-state index contributed by atoms with van der Waals surface area (Å²) in [7, 11) is 3.98. The Morgan fingerprint density at radius 1 is 1.08 bits per heavy atom. The molecule has 1 heterocycles. The highest BCUT2D eigenvalue weighted by Gasteiger charge is 2.24. The van der Waals surface area contributed by atoms with E-state index >= 15 is 0 Å². The molecular weight excluding hydrogens is 308 g/mol. The monoisotopic (exact) mass is 334 g/mol. The fourth-order valence-electron chi connectivity index (χ4n) is 2.52. The van der Waals surface area contributed by atoms with Gasteiger partial charge in [0.2, 0.25) is 5.91 Å². The molecule has 0 aromatic heterocycles. The summed E-state index contributed by atoms with van der Waals surface area (Å²) in [5.74, 6) is 0.0372.